The van der Waals surface area contributed by atoms with Gasteiger partial charge in [-0.25, -0.2) is 0 Å². The highest BCUT2D eigenvalue weighted by atomic mass is 35.5. The number of rotatable bonds is 1. The molecular weight excluding hydrogens is 270 g/mol. The molecule has 2 aliphatic rings. The third-order valence-corrected chi connectivity index (χ3v) is 4.22. The van der Waals surface area contributed by atoms with Crippen LogP contribution in [0.15, 0.2) is 36.4 Å². The summed E-state index contributed by atoms with van der Waals surface area (Å²) < 4.78 is 0. The van der Waals surface area contributed by atoms with Crippen molar-refractivity contribution in [3.63, 3.8) is 0 Å². The quantitative estimate of drug-likeness (QED) is 0.839. The molecule has 0 saturated heterocycles. The predicted octanol–water partition coefficient (Wildman–Crippen LogP) is 4.07. The van der Waals surface area contributed by atoms with E-state index in [0.29, 0.717) is 11.4 Å². The Hall–Kier alpha value is -2.06. The molecule has 0 atom stereocenters. The zero-order valence-corrected chi connectivity index (χ0v) is 11.5. The average Bonchev–Trinajstić information content (AvgIpc) is 3.01. The number of hydrogen-bond donors (Lipinski definition) is 1. The maximum atomic E-state index is 11.4. The van der Waals surface area contributed by atoms with Crippen LogP contribution >= 0.6 is 11.6 Å². The molecule has 0 aromatic heterocycles. The van der Waals surface area contributed by atoms with E-state index in [2.05, 4.69) is 35.7 Å². The van der Waals surface area contributed by atoms with E-state index in [1.165, 1.54) is 11.1 Å². The molecule has 2 aromatic carbocycles. The van der Waals surface area contributed by atoms with Crippen LogP contribution in [0.2, 0.25) is 5.02 Å². The zero-order valence-electron chi connectivity index (χ0n) is 10.7. The number of fused-ring (bicyclic) bond motifs is 2. The summed E-state index contributed by atoms with van der Waals surface area (Å²) in [6.45, 7) is 0. The molecular formula is C17H12ClNO. The molecule has 3 heteroatoms. The number of hydrogen-bond acceptors (Lipinski definition) is 1. The molecule has 1 heterocycles. The van der Waals surface area contributed by atoms with Crippen molar-refractivity contribution in [2.75, 3.05) is 5.32 Å². The van der Waals surface area contributed by atoms with Crippen LogP contribution in [0.3, 0.4) is 0 Å². The zero-order chi connectivity index (χ0) is 13.7. The number of amides is 1. The van der Waals surface area contributed by atoms with Gasteiger partial charge in [0.25, 0.3) is 0 Å². The predicted molar refractivity (Wildman–Crippen MR) is 82.0 cm³/mol. The van der Waals surface area contributed by atoms with E-state index >= 15 is 0 Å². The Bertz CT molecular complexity index is 777. The smallest absolute Gasteiger partial charge is 0.228 e. The van der Waals surface area contributed by atoms with Gasteiger partial charge in [0, 0.05) is 11.3 Å². The van der Waals surface area contributed by atoms with Gasteiger partial charge in [-0.15, -0.1) is 0 Å². The maximum Gasteiger partial charge on any atom is 0.228 e. The van der Waals surface area contributed by atoms with Gasteiger partial charge in [-0.05, 0) is 46.9 Å². The van der Waals surface area contributed by atoms with E-state index in [4.69, 9.17) is 11.6 Å². The summed E-state index contributed by atoms with van der Waals surface area (Å²) in [6, 6.07) is 10.3. The lowest BCUT2D eigenvalue weighted by Crippen LogP contribution is -2.03. The van der Waals surface area contributed by atoms with Crippen molar-refractivity contribution in [1.29, 1.82) is 0 Å². The Morgan fingerprint density at radius 1 is 1.10 bits per heavy atom. The van der Waals surface area contributed by atoms with Gasteiger partial charge < -0.3 is 5.32 Å². The molecule has 0 radical (unpaired) electrons. The standard InChI is InChI=1S/C17H12ClNO/c18-15-9-16-13(8-17(20)19-16)7-14(15)12-5-4-10-2-1-3-11(10)6-12/h1,3-7,9H,2,8H2,(H,19,20). The van der Waals surface area contributed by atoms with E-state index in [-0.39, 0.29) is 5.91 Å². The summed E-state index contributed by atoms with van der Waals surface area (Å²) in [6.07, 6.45) is 5.75. The van der Waals surface area contributed by atoms with Crippen LogP contribution in [0.4, 0.5) is 5.69 Å². The molecule has 0 spiro atoms. The SMILES string of the molecule is O=C1Cc2cc(-c3ccc4c(c3)C=CC4)c(Cl)cc2N1. The molecule has 98 valence electrons. The average molecular weight is 282 g/mol. The van der Waals surface area contributed by atoms with Gasteiger partial charge in [0.1, 0.15) is 0 Å². The molecule has 4 rings (SSSR count). The van der Waals surface area contributed by atoms with Gasteiger partial charge >= 0.3 is 0 Å². The van der Waals surface area contributed by atoms with Crippen molar-refractivity contribution < 1.29 is 4.79 Å². The number of nitrogens with one attached hydrogen (secondary N) is 1. The molecule has 2 nitrogen and oxygen atoms in total. The third kappa shape index (κ3) is 1.76. The minimum absolute atomic E-state index is 0.0325. The van der Waals surface area contributed by atoms with Crippen LogP contribution in [0.5, 0.6) is 0 Å². The van der Waals surface area contributed by atoms with Crippen molar-refractivity contribution in [3.05, 3.63) is 58.1 Å². The van der Waals surface area contributed by atoms with E-state index < -0.39 is 0 Å². The van der Waals surface area contributed by atoms with Crippen molar-refractivity contribution in [3.8, 4) is 11.1 Å². The monoisotopic (exact) mass is 281 g/mol. The van der Waals surface area contributed by atoms with Crippen molar-refractivity contribution in [1.82, 2.24) is 0 Å². The second kappa shape index (κ2) is 4.22. The van der Waals surface area contributed by atoms with E-state index in [9.17, 15) is 4.79 Å². The first-order valence-corrected chi connectivity index (χ1v) is 7.00. The lowest BCUT2D eigenvalue weighted by Gasteiger charge is -2.09. The van der Waals surface area contributed by atoms with Crippen LogP contribution in [0.25, 0.3) is 17.2 Å². The Labute approximate surface area is 122 Å². The first-order chi connectivity index (χ1) is 9.70. The van der Waals surface area contributed by atoms with E-state index in [1.54, 1.807) is 0 Å². The van der Waals surface area contributed by atoms with Crippen molar-refractivity contribution in [2.45, 2.75) is 12.8 Å². The van der Waals surface area contributed by atoms with Crippen LogP contribution < -0.4 is 5.32 Å². The van der Waals surface area contributed by atoms with E-state index in [1.807, 2.05) is 12.1 Å². The number of halogens is 1. The molecule has 1 N–H and O–H groups in total. The van der Waals surface area contributed by atoms with Crippen LogP contribution in [0.1, 0.15) is 16.7 Å². The van der Waals surface area contributed by atoms with Crippen molar-refractivity contribution >= 4 is 29.3 Å². The van der Waals surface area contributed by atoms with Gasteiger partial charge in [-0.2, -0.15) is 0 Å². The fraction of sp³-hybridized carbons (Fsp3) is 0.118. The summed E-state index contributed by atoms with van der Waals surface area (Å²) in [5.74, 6) is 0.0325. The Morgan fingerprint density at radius 2 is 2.00 bits per heavy atom. The number of carbonyl (C=O) groups excluding carboxylic acids is 1. The number of benzene rings is 2. The summed E-state index contributed by atoms with van der Waals surface area (Å²) in [5, 5.41) is 3.50. The molecule has 0 fully saturated rings. The fourth-order valence-electron chi connectivity index (χ4n) is 2.89. The normalized spacial score (nSPS) is 15.2. The molecule has 1 aliphatic heterocycles. The highest BCUT2D eigenvalue weighted by Crippen LogP contribution is 2.37. The summed E-state index contributed by atoms with van der Waals surface area (Å²) in [7, 11) is 0. The summed E-state index contributed by atoms with van der Waals surface area (Å²) >= 11 is 6.37. The van der Waals surface area contributed by atoms with Gasteiger partial charge in [0.2, 0.25) is 5.91 Å². The number of anilines is 1. The highest BCUT2D eigenvalue weighted by molar-refractivity contribution is 6.34. The van der Waals surface area contributed by atoms with Gasteiger partial charge in [0.15, 0.2) is 0 Å². The lowest BCUT2D eigenvalue weighted by molar-refractivity contribution is -0.115. The number of allylic oxidation sites excluding steroid dienone is 1. The molecule has 2 aromatic rings. The maximum absolute atomic E-state index is 11.4. The van der Waals surface area contributed by atoms with Crippen LogP contribution in [-0.4, -0.2) is 5.91 Å². The largest absolute Gasteiger partial charge is 0.325 e. The molecule has 0 bridgehead atoms. The van der Waals surface area contributed by atoms with Gasteiger partial charge in [0.05, 0.1) is 11.4 Å². The highest BCUT2D eigenvalue weighted by Gasteiger charge is 2.20. The Balaban J connectivity index is 1.85. The first-order valence-electron chi connectivity index (χ1n) is 6.63. The minimum atomic E-state index is 0.0325. The molecule has 1 amide bonds. The minimum Gasteiger partial charge on any atom is -0.325 e. The second-order valence-electron chi connectivity index (χ2n) is 5.23. The fourth-order valence-corrected chi connectivity index (χ4v) is 3.16. The molecule has 0 unspecified atom stereocenters. The molecule has 1 aliphatic carbocycles. The Kier molecular flexibility index (Phi) is 2.48. The third-order valence-electron chi connectivity index (χ3n) is 3.91. The van der Waals surface area contributed by atoms with Crippen molar-refractivity contribution in [2.24, 2.45) is 0 Å². The second-order valence-corrected chi connectivity index (χ2v) is 5.64. The summed E-state index contributed by atoms with van der Waals surface area (Å²) in [4.78, 5) is 11.4. The topological polar surface area (TPSA) is 29.1 Å². The first kappa shape index (κ1) is 11.7. The van der Waals surface area contributed by atoms with Crippen LogP contribution in [0, 0.1) is 0 Å². The Morgan fingerprint density at radius 3 is 2.90 bits per heavy atom. The molecule has 20 heavy (non-hydrogen) atoms. The summed E-state index contributed by atoms with van der Waals surface area (Å²) in [5.41, 5.74) is 6.55. The van der Waals surface area contributed by atoms with Crippen LogP contribution in [-0.2, 0) is 17.6 Å². The number of carbonyl (C=O) groups is 1. The van der Waals surface area contributed by atoms with E-state index in [0.717, 1.165) is 28.8 Å². The van der Waals surface area contributed by atoms with Gasteiger partial charge in [-0.3, -0.25) is 4.79 Å². The van der Waals surface area contributed by atoms with Gasteiger partial charge in [-0.1, -0.05) is 35.9 Å². The molecule has 0 saturated carbocycles. The lowest BCUT2D eigenvalue weighted by atomic mass is 9.98.